The van der Waals surface area contributed by atoms with Gasteiger partial charge in [0, 0.05) is 17.0 Å². The molecule has 2 aromatic carbocycles. The lowest BCUT2D eigenvalue weighted by atomic mass is 10.1. The minimum atomic E-state index is 0.458. The third-order valence-corrected chi connectivity index (χ3v) is 3.77. The summed E-state index contributed by atoms with van der Waals surface area (Å²) in [5.74, 6) is 1.69. The van der Waals surface area contributed by atoms with Crippen molar-refractivity contribution in [2.24, 2.45) is 5.73 Å². The van der Waals surface area contributed by atoms with E-state index in [0.717, 1.165) is 22.6 Å². The molecule has 0 fully saturated rings. The molecule has 0 amide bonds. The van der Waals surface area contributed by atoms with Gasteiger partial charge >= 0.3 is 0 Å². The van der Waals surface area contributed by atoms with Gasteiger partial charge in [-0.3, -0.25) is 0 Å². The molecule has 0 saturated heterocycles. The van der Waals surface area contributed by atoms with Crippen LogP contribution in [0.15, 0.2) is 47.4 Å². The molecule has 0 unspecified atom stereocenters. The number of hydrogen-bond acceptors (Lipinski definition) is 4. The number of rotatable bonds is 6. The molecule has 2 aromatic rings. The van der Waals surface area contributed by atoms with Crippen molar-refractivity contribution in [3.05, 3.63) is 53.6 Å². The Morgan fingerprint density at radius 1 is 1.10 bits per heavy atom. The summed E-state index contributed by atoms with van der Waals surface area (Å²) in [6.45, 7) is 0.981. The Bertz CT molecular complexity index is 555. The molecule has 0 bridgehead atoms. The number of nitrogens with two attached hydrogens (primary N) is 1. The normalized spacial score (nSPS) is 10.3. The van der Waals surface area contributed by atoms with Crippen LogP contribution in [0.5, 0.6) is 11.5 Å². The summed E-state index contributed by atoms with van der Waals surface area (Å²) in [5, 5.41) is 0. The summed E-state index contributed by atoms with van der Waals surface area (Å²) in [4.78, 5) is 1.23. The summed E-state index contributed by atoms with van der Waals surface area (Å²) in [7, 11) is 1.65. The number of thioether (sulfide) groups is 1. The van der Waals surface area contributed by atoms with E-state index in [0.29, 0.717) is 13.2 Å². The lowest BCUT2D eigenvalue weighted by Gasteiger charge is -2.10. The van der Waals surface area contributed by atoms with Gasteiger partial charge in [0.2, 0.25) is 0 Å². The minimum absolute atomic E-state index is 0.458. The zero-order chi connectivity index (χ0) is 14.4. The first-order valence-corrected chi connectivity index (χ1v) is 7.62. The lowest BCUT2D eigenvalue weighted by Crippen LogP contribution is -2.02. The summed E-state index contributed by atoms with van der Waals surface area (Å²) < 4.78 is 11.0. The Morgan fingerprint density at radius 2 is 1.85 bits per heavy atom. The van der Waals surface area contributed by atoms with Crippen LogP contribution in [0.3, 0.4) is 0 Å². The Hall–Kier alpha value is -1.65. The van der Waals surface area contributed by atoms with Gasteiger partial charge in [0.05, 0.1) is 7.11 Å². The average molecular weight is 289 g/mol. The van der Waals surface area contributed by atoms with Gasteiger partial charge in [-0.2, -0.15) is 0 Å². The first-order valence-electron chi connectivity index (χ1n) is 6.39. The molecule has 0 aromatic heterocycles. The van der Waals surface area contributed by atoms with E-state index in [1.54, 1.807) is 18.9 Å². The fourth-order valence-electron chi connectivity index (χ4n) is 1.92. The van der Waals surface area contributed by atoms with Crippen LogP contribution < -0.4 is 15.2 Å². The minimum Gasteiger partial charge on any atom is -0.496 e. The zero-order valence-corrected chi connectivity index (χ0v) is 12.6. The number of methoxy groups -OCH3 is 1. The molecule has 0 aliphatic heterocycles. The van der Waals surface area contributed by atoms with E-state index >= 15 is 0 Å². The summed E-state index contributed by atoms with van der Waals surface area (Å²) in [5.41, 5.74) is 7.79. The summed E-state index contributed by atoms with van der Waals surface area (Å²) in [6, 6.07) is 14.0. The maximum absolute atomic E-state index is 5.77. The van der Waals surface area contributed by atoms with E-state index in [1.807, 2.05) is 30.3 Å². The van der Waals surface area contributed by atoms with Crippen LogP contribution in [-0.4, -0.2) is 13.4 Å². The maximum atomic E-state index is 5.77. The monoisotopic (exact) mass is 289 g/mol. The Morgan fingerprint density at radius 3 is 2.45 bits per heavy atom. The van der Waals surface area contributed by atoms with E-state index in [9.17, 15) is 0 Å². The second-order valence-corrected chi connectivity index (χ2v) is 5.19. The van der Waals surface area contributed by atoms with E-state index in [2.05, 4.69) is 18.4 Å². The van der Waals surface area contributed by atoms with Crippen LogP contribution in [0.25, 0.3) is 0 Å². The number of benzene rings is 2. The second-order valence-electron chi connectivity index (χ2n) is 4.31. The van der Waals surface area contributed by atoms with Crippen LogP contribution in [0, 0.1) is 0 Å². The SMILES string of the molecule is COc1ccc(COc2ccc(SC)cc2)cc1CN. The number of hydrogen-bond donors (Lipinski definition) is 1. The lowest BCUT2D eigenvalue weighted by molar-refractivity contribution is 0.305. The van der Waals surface area contributed by atoms with Gasteiger partial charge in [-0.15, -0.1) is 11.8 Å². The third kappa shape index (κ3) is 3.68. The molecule has 3 nitrogen and oxygen atoms in total. The first-order chi connectivity index (χ1) is 9.76. The van der Waals surface area contributed by atoms with Crippen LogP contribution in [0.4, 0.5) is 0 Å². The largest absolute Gasteiger partial charge is 0.496 e. The quantitative estimate of drug-likeness (QED) is 0.827. The molecular weight excluding hydrogens is 270 g/mol. The predicted octanol–water partition coefficient (Wildman–Crippen LogP) is 3.45. The molecule has 0 spiro atoms. The van der Waals surface area contributed by atoms with E-state index in [4.69, 9.17) is 15.2 Å². The molecule has 4 heteroatoms. The molecule has 0 saturated carbocycles. The van der Waals surface area contributed by atoms with Crippen LogP contribution >= 0.6 is 11.8 Å². The zero-order valence-electron chi connectivity index (χ0n) is 11.8. The summed E-state index contributed by atoms with van der Waals surface area (Å²) >= 11 is 1.72. The van der Waals surface area contributed by atoms with E-state index in [1.165, 1.54) is 4.90 Å². The van der Waals surface area contributed by atoms with Crippen LogP contribution in [0.2, 0.25) is 0 Å². The highest BCUT2D eigenvalue weighted by molar-refractivity contribution is 7.98. The highest BCUT2D eigenvalue weighted by Gasteiger charge is 2.03. The van der Waals surface area contributed by atoms with E-state index < -0.39 is 0 Å². The Labute approximate surface area is 124 Å². The first kappa shape index (κ1) is 14.8. The van der Waals surface area contributed by atoms with Gasteiger partial charge in [-0.05, 0) is 48.2 Å². The van der Waals surface area contributed by atoms with E-state index in [-0.39, 0.29) is 0 Å². The maximum Gasteiger partial charge on any atom is 0.123 e. The number of ether oxygens (including phenoxy) is 2. The van der Waals surface area contributed by atoms with Gasteiger partial charge in [-0.25, -0.2) is 0 Å². The molecule has 0 aliphatic rings. The highest BCUT2D eigenvalue weighted by atomic mass is 32.2. The second kappa shape index (κ2) is 7.22. The van der Waals surface area contributed by atoms with Crippen molar-refractivity contribution >= 4 is 11.8 Å². The fraction of sp³-hybridized carbons (Fsp3) is 0.250. The molecule has 0 heterocycles. The van der Waals surface area contributed by atoms with Crippen molar-refractivity contribution in [2.45, 2.75) is 18.0 Å². The highest BCUT2D eigenvalue weighted by Crippen LogP contribution is 2.22. The van der Waals surface area contributed by atoms with Crippen molar-refractivity contribution < 1.29 is 9.47 Å². The molecule has 20 heavy (non-hydrogen) atoms. The van der Waals surface area contributed by atoms with Crippen LogP contribution in [0.1, 0.15) is 11.1 Å². The Kier molecular flexibility index (Phi) is 5.32. The van der Waals surface area contributed by atoms with Gasteiger partial charge in [0.15, 0.2) is 0 Å². The van der Waals surface area contributed by atoms with Gasteiger partial charge < -0.3 is 15.2 Å². The van der Waals surface area contributed by atoms with Gasteiger partial charge in [0.1, 0.15) is 18.1 Å². The van der Waals surface area contributed by atoms with Gasteiger partial charge in [-0.1, -0.05) is 6.07 Å². The summed E-state index contributed by atoms with van der Waals surface area (Å²) in [6.07, 6.45) is 2.06. The standard InChI is InChI=1S/C16H19NO2S/c1-18-16-8-3-12(9-13(16)10-17)11-19-14-4-6-15(20-2)7-5-14/h3-9H,10-11,17H2,1-2H3. The molecule has 106 valence electrons. The molecular formula is C16H19NO2S. The van der Waals surface area contributed by atoms with Crippen molar-refractivity contribution in [1.29, 1.82) is 0 Å². The molecule has 0 atom stereocenters. The predicted molar refractivity (Wildman–Crippen MR) is 83.4 cm³/mol. The smallest absolute Gasteiger partial charge is 0.123 e. The van der Waals surface area contributed by atoms with Crippen molar-refractivity contribution in [2.75, 3.05) is 13.4 Å². The van der Waals surface area contributed by atoms with Gasteiger partial charge in [0.25, 0.3) is 0 Å². The van der Waals surface area contributed by atoms with Crippen molar-refractivity contribution in [1.82, 2.24) is 0 Å². The molecule has 0 radical (unpaired) electrons. The molecule has 2 rings (SSSR count). The average Bonchev–Trinajstić information content (AvgIpc) is 2.53. The molecule has 2 N–H and O–H groups in total. The van der Waals surface area contributed by atoms with Crippen molar-refractivity contribution in [3.63, 3.8) is 0 Å². The van der Waals surface area contributed by atoms with Crippen LogP contribution in [-0.2, 0) is 13.2 Å². The topological polar surface area (TPSA) is 44.5 Å². The molecule has 0 aliphatic carbocycles. The fourth-order valence-corrected chi connectivity index (χ4v) is 2.33. The van der Waals surface area contributed by atoms with Crippen molar-refractivity contribution in [3.8, 4) is 11.5 Å². The third-order valence-electron chi connectivity index (χ3n) is 3.03. The Balaban J connectivity index is 2.02.